The zero-order valence-electron chi connectivity index (χ0n) is 13.4. The highest BCUT2D eigenvalue weighted by Gasteiger charge is 2.24. The molecule has 0 atom stereocenters. The molecule has 8 heteroatoms. The van der Waals surface area contributed by atoms with Gasteiger partial charge in [-0.2, -0.15) is 5.10 Å². The first-order chi connectivity index (χ1) is 10.8. The summed E-state index contributed by atoms with van der Waals surface area (Å²) >= 11 is 0. The molecule has 0 bridgehead atoms. The quantitative estimate of drug-likeness (QED) is 0.637. The van der Waals surface area contributed by atoms with Crippen molar-refractivity contribution < 1.29 is 19.1 Å². The maximum Gasteiger partial charge on any atom is 0.339 e. The molecule has 0 unspecified atom stereocenters. The molecule has 0 radical (unpaired) electrons. The summed E-state index contributed by atoms with van der Waals surface area (Å²) in [4.78, 5) is 38.5. The Balaban J connectivity index is 2.27. The smallest absolute Gasteiger partial charge is 0.339 e. The van der Waals surface area contributed by atoms with E-state index in [2.05, 4.69) is 15.4 Å². The van der Waals surface area contributed by atoms with Crippen molar-refractivity contribution in [3.05, 3.63) is 34.8 Å². The van der Waals surface area contributed by atoms with Crippen molar-refractivity contribution >= 4 is 23.5 Å². The summed E-state index contributed by atoms with van der Waals surface area (Å²) in [5.74, 6) is -0.756. The molecule has 0 aliphatic carbocycles. The molecule has 0 aliphatic rings. The van der Waals surface area contributed by atoms with Crippen molar-refractivity contribution in [3.8, 4) is 0 Å². The van der Waals surface area contributed by atoms with Gasteiger partial charge in [-0.25, -0.2) is 4.79 Å². The molecule has 0 saturated carbocycles. The lowest BCUT2D eigenvalue weighted by molar-refractivity contribution is -0.115. The Morgan fingerprint density at radius 2 is 2.09 bits per heavy atom. The van der Waals surface area contributed by atoms with E-state index in [0.717, 1.165) is 0 Å². The van der Waals surface area contributed by atoms with Crippen LogP contribution in [-0.2, 0) is 23.0 Å². The first-order valence-corrected chi connectivity index (χ1v) is 6.93. The van der Waals surface area contributed by atoms with E-state index in [4.69, 9.17) is 4.74 Å². The third-order valence-corrected chi connectivity index (χ3v) is 3.39. The minimum Gasteiger partial charge on any atom is -0.465 e. The Kier molecular flexibility index (Phi) is 4.63. The summed E-state index contributed by atoms with van der Waals surface area (Å²) in [7, 11) is 2.98. The average molecular weight is 318 g/mol. The van der Waals surface area contributed by atoms with Gasteiger partial charge in [0.25, 0.3) is 0 Å². The van der Waals surface area contributed by atoms with Crippen molar-refractivity contribution in [1.29, 1.82) is 0 Å². The van der Waals surface area contributed by atoms with Crippen molar-refractivity contribution in [2.75, 3.05) is 12.4 Å². The fraction of sp³-hybridized carbons (Fsp3) is 0.333. The van der Waals surface area contributed by atoms with Crippen LogP contribution in [0.5, 0.6) is 0 Å². The van der Waals surface area contributed by atoms with Crippen molar-refractivity contribution in [2.24, 2.45) is 7.05 Å². The van der Waals surface area contributed by atoms with Crippen LogP contribution in [0.3, 0.4) is 0 Å². The van der Waals surface area contributed by atoms with Gasteiger partial charge >= 0.3 is 5.97 Å². The van der Waals surface area contributed by atoms with E-state index in [1.165, 1.54) is 14.0 Å². The number of ether oxygens (including phenoxy) is 1. The molecule has 0 spiro atoms. The molecule has 2 aromatic rings. The number of aryl methyl sites for hydroxylation is 1. The maximum absolute atomic E-state index is 12.1. The van der Waals surface area contributed by atoms with Gasteiger partial charge in [0.1, 0.15) is 0 Å². The molecule has 23 heavy (non-hydrogen) atoms. The number of carbonyl (C=O) groups is 3. The second-order valence-corrected chi connectivity index (χ2v) is 5.13. The number of hydrogen-bond acceptors (Lipinski definition) is 5. The standard InChI is InChI=1S/C15H18N4O4/c1-8-13(15(22)23-4)10(16-14(8)9(2)20)7-12(21)17-11-5-6-19(3)18-11/h5-6,16H,7H2,1-4H3,(H,17,18,21). The Morgan fingerprint density at radius 3 is 2.61 bits per heavy atom. The van der Waals surface area contributed by atoms with Crippen LogP contribution >= 0.6 is 0 Å². The molecule has 0 fully saturated rings. The third-order valence-electron chi connectivity index (χ3n) is 3.39. The number of H-pyrrole nitrogens is 1. The number of nitrogens with zero attached hydrogens (tertiary/aromatic N) is 2. The minimum absolute atomic E-state index is 0.102. The summed E-state index contributed by atoms with van der Waals surface area (Å²) in [5.41, 5.74) is 1.33. The van der Waals surface area contributed by atoms with Crippen molar-refractivity contribution in [1.82, 2.24) is 14.8 Å². The summed E-state index contributed by atoms with van der Waals surface area (Å²) < 4.78 is 6.29. The second-order valence-electron chi connectivity index (χ2n) is 5.13. The van der Waals surface area contributed by atoms with Crippen LogP contribution in [0.25, 0.3) is 0 Å². The van der Waals surface area contributed by atoms with Gasteiger partial charge < -0.3 is 15.0 Å². The van der Waals surface area contributed by atoms with Crippen LogP contribution in [0.4, 0.5) is 5.82 Å². The summed E-state index contributed by atoms with van der Waals surface area (Å²) in [6, 6.07) is 1.65. The number of hydrogen-bond donors (Lipinski definition) is 2. The summed E-state index contributed by atoms with van der Waals surface area (Å²) in [5, 5.41) is 6.67. The van der Waals surface area contributed by atoms with Crippen molar-refractivity contribution in [2.45, 2.75) is 20.3 Å². The monoisotopic (exact) mass is 318 g/mol. The lowest BCUT2D eigenvalue weighted by Crippen LogP contribution is -2.17. The van der Waals surface area contributed by atoms with E-state index in [1.54, 1.807) is 30.9 Å². The number of methoxy groups -OCH3 is 1. The largest absolute Gasteiger partial charge is 0.465 e. The van der Waals surface area contributed by atoms with Gasteiger partial charge in [0.2, 0.25) is 5.91 Å². The van der Waals surface area contributed by atoms with Crippen LogP contribution in [0.2, 0.25) is 0 Å². The van der Waals surface area contributed by atoms with Gasteiger partial charge in [0.05, 0.1) is 24.8 Å². The molecule has 0 aromatic carbocycles. The topological polar surface area (TPSA) is 106 Å². The molecule has 1 amide bonds. The summed E-state index contributed by atoms with van der Waals surface area (Å²) in [6.07, 6.45) is 1.59. The van der Waals surface area contributed by atoms with Gasteiger partial charge in [-0.05, 0) is 12.5 Å². The van der Waals surface area contributed by atoms with Crippen LogP contribution in [-0.4, -0.2) is 39.5 Å². The van der Waals surface area contributed by atoms with E-state index in [-0.39, 0.29) is 23.7 Å². The zero-order chi connectivity index (χ0) is 17.1. The number of Topliss-reactive ketones (excluding diaryl/α,β-unsaturated/α-hetero) is 1. The number of esters is 1. The maximum atomic E-state index is 12.1. The van der Waals surface area contributed by atoms with Crippen LogP contribution in [0.1, 0.15) is 39.0 Å². The highest BCUT2D eigenvalue weighted by atomic mass is 16.5. The first kappa shape index (κ1) is 16.5. The van der Waals surface area contributed by atoms with Crippen LogP contribution in [0.15, 0.2) is 12.3 Å². The number of nitrogens with one attached hydrogen (secondary N) is 2. The molecule has 8 nitrogen and oxygen atoms in total. The molecule has 0 saturated heterocycles. The molecular formula is C15H18N4O4. The zero-order valence-corrected chi connectivity index (χ0v) is 13.4. The van der Waals surface area contributed by atoms with E-state index in [0.29, 0.717) is 22.8 Å². The Labute approximate surface area is 132 Å². The molecule has 122 valence electrons. The van der Waals surface area contributed by atoms with Gasteiger partial charge in [0, 0.05) is 31.9 Å². The molecular weight excluding hydrogens is 300 g/mol. The average Bonchev–Trinajstić information content (AvgIpc) is 3.02. The van der Waals surface area contributed by atoms with Crippen LogP contribution in [0, 0.1) is 6.92 Å². The Bertz CT molecular complexity index is 773. The minimum atomic E-state index is -0.591. The van der Waals surface area contributed by atoms with Gasteiger partial charge in [-0.15, -0.1) is 0 Å². The molecule has 2 N–H and O–H groups in total. The predicted molar refractivity (Wildman–Crippen MR) is 82.4 cm³/mol. The fourth-order valence-corrected chi connectivity index (χ4v) is 2.35. The highest BCUT2D eigenvalue weighted by Crippen LogP contribution is 2.21. The lowest BCUT2D eigenvalue weighted by Gasteiger charge is -2.04. The van der Waals surface area contributed by atoms with Crippen LogP contribution < -0.4 is 5.32 Å². The number of carbonyl (C=O) groups excluding carboxylic acids is 3. The van der Waals surface area contributed by atoms with E-state index in [9.17, 15) is 14.4 Å². The van der Waals surface area contributed by atoms with E-state index in [1.807, 2.05) is 0 Å². The SMILES string of the molecule is COC(=O)c1c(CC(=O)Nc2ccn(C)n2)[nH]c(C(C)=O)c1C. The van der Waals surface area contributed by atoms with Crippen molar-refractivity contribution in [3.63, 3.8) is 0 Å². The number of anilines is 1. The molecule has 2 heterocycles. The van der Waals surface area contributed by atoms with Gasteiger partial charge in [0.15, 0.2) is 11.6 Å². The number of amides is 1. The number of aromatic amines is 1. The third kappa shape index (κ3) is 3.47. The lowest BCUT2D eigenvalue weighted by atomic mass is 10.1. The summed E-state index contributed by atoms with van der Waals surface area (Å²) in [6.45, 7) is 3.03. The molecule has 2 aromatic heterocycles. The normalized spacial score (nSPS) is 10.4. The highest BCUT2D eigenvalue weighted by molar-refractivity contribution is 6.02. The second kappa shape index (κ2) is 6.47. The van der Waals surface area contributed by atoms with E-state index >= 15 is 0 Å². The Morgan fingerprint density at radius 1 is 1.39 bits per heavy atom. The fourth-order valence-electron chi connectivity index (χ4n) is 2.35. The molecule has 2 rings (SSSR count). The van der Waals surface area contributed by atoms with Gasteiger partial charge in [-0.1, -0.05) is 0 Å². The van der Waals surface area contributed by atoms with Gasteiger partial charge in [-0.3, -0.25) is 14.3 Å². The first-order valence-electron chi connectivity index (χ1n) is 6.93. The van der Waals surface area contributed by atoms with E-state index < -0.39 is 5.97 Å². The number of rotatable bonds is 5. The molecule has 0 aliphatic heterocycles. The number of aromatic nitrogens is 3. The Hall–Kier alpha value is -2.90. The number of ketones is 1. The predicted octanol–water partition coefficient (Wildman–Crippen LogP) is 1.23.